The van der Waals surface area contributed by atoms with Crippen molar-refractivity contribution in [2.75, 3.05) is 11.3 Å². The maximum Gasteiger partial charge on any atom is 0.263 e. The molecule has 0 aliphatic carbocycles. The first-order valence-electron chi connectivity index (χ1n) is 8.29. The highest BCUT2D eigenvalue weighted by atomic mass is 32.2. The summed E-state index contributed by atoms with van der Waals surface area (Å²) in [7, 11) is -3.82. The molecule has 3 rings (SSSR count). The maximum atomic E-state index is 13.0. The Kier molecular flexibility index (Phi) is 5.29. The molecule has 1 amide bonds. The molecular formula is C17H20FN3O3S2. The third-order valence-electron chi connectivity index (χ3n) is 4.01. The van der Waals surface area contributed by atoms with Crippen LogP contribution in [0, 0.1) is 11.7 Å². The topological polar surface area (TPSA) is 79.4 Å². The van der Waals surface area contributed by atoms with Crippen molar-refractivity contribution in [2.24, 2.45) is 5.92 Å². The van der Waals surface area contributed by atoms with E-state index in [-0.39, 0.29) is 15.9 Å². The van der Waals surface area contributed by atoms with Crippen molar-refractivity contribution in [2.45, 2.75) is 38.1 Å². The lowest BCUT2D eigenvalue weighted by Gasteiger charge is -2.26. The number of hydrogen-bond donors (Lipinski definition) is 1. The van der Waals surface area contributed by atoms with Gasteiger partial charge in [0.15, 0.2) is 5.13 Å². The van der Waals surface area contributed by atoms with E-state index in [2.05, 4.69) is 9.71 Å². The highest BCUT2D eigenvalue weighted by molar-refractivity contribution is 7.93. The molecule has 6 nitrogen and oxygen atoms in total. The number of carbonyl (C=O) groups excluding carboxylic acids is 1. The average Bonchev–Trinajstić information content (AvgIpc) is 2.95. The number of nitrogens with zero attached hydrogens (tertiary/aromatic N) is 2. The quantitative estimate of drug-likeness (QED) is 0.841. The van der Waals surface area contributed by atoms with Crippen molar-refractivity contribution in [3.8, 4) is 0 Å². The number of hydrogen-bond acceptors (Lipinski definition) is 5. The van der Waals surface area contributed by atoms with Gasteiger partial charge in [-0.25, -0.2) is 17.8 Å². The summed E-state index contributed by atoms with van der Waals surface area (Å²) in [4.78, 5) is 19.2. The van der Waals surface area contributed by atoms with Crippen LogP contribution in [0.4, 0.5) is 9.52 Å². The molecule has 1 aliphatic heterocycles. The van der Waals surface area contributed by atoms with Gasteiger partial charge in [0.25, 0.3) is 10.0 Å². The number of carbonyl (C=O) groups is 1. The van der Waals surface area contributed by atoms with E-state index in [0.717, 1.165) is 22.7 Å². The number of benzene rings is 1. The summed E-state index contributed by atoms with van der Waals surface area (Å²) in [5.41, 5.74) is 0.820. The van der Waals surface area contributed by atoms with Crippen LogP contribution < -0.4 is 4.72 Å². The molecular weight excluding hydrogens is 377 g/mol. The van der Waals surface area contributed by atoms with Gasteiger partial charge in [-0.05, 0) is 30.2 Å². The summed E-state index contributed by atoms with van der Waals surface area (Å²) < 4.78 is 40.2. The van der Waals surface area contributed by atoms with E-state index in [0.29, 0.717) is 31.8 Å². The van der Waals surface area contributed by atoms with Gasteiger partial charge in [0.1, 0.15) is 5.82 Å². The van der Waals surface area contributed by atoms with Gasteiger partial charge in [0, 0.05) is 24.3 Å². The third-order valence-corrected chi connectivity index (χ3v) is 6.49. The molecule has 140 valence electrons. The van der Waals surface area contributed by atoms with E-state index in [4.69, 9.17) is 0 Å². The Morgan fingerprint density at radius 3 is 2.69 bits per heavy atom. The van der Waals surface area contributed by atoms with E-state index in [9.17, 15) is 17.6 Å². The van der Waals surface area contributed by atoms with E-state index in [1.807, 2.05) is 13.8 Å². The van der Waals surface area contributed by atoms with Gasteiger partial charge in [-0.15, -0.1) is 0 Å². The second-order valence-electron chi connectivity index (χ2n) is 6.61. The Hall–Kier alpha value is -2.00. The molecule has 0 radical (unpaired) electrons. The largest absolute Gasteiger partial charge is 0.337 e. The fourth-order valence-electron chi connectivity index (χ4n) is 2.72. The van der Waals surface area contributed by atoms with Crippen LogP contribution in [0.15, 0.2) is 29.2 Å². The first-order valence-corrected chi connectivity index (χ1v) is 10.6. The minimum atomic E-state index is -3.82. The molecule has 2 heterocycles. The molecule has 1 N–H and O–H groups in total. The maximum absolute atomic E-state index is 13.0. The number of thiazole rings is 1. The number of fused-ring (bicyclic) bond motifs is 1. The van der Waals surface area contributed by atoms with Gasteiger partial charge in [0.05, 0.1) is 17.1 Å². The fourth-order valence-corrected chi connectivity index (χ4v) is 4.98. The Balaban J connectivity index is 1.74. The minimum absolute atomic E-state index is 0.0270. The van der Waals surface area contributed by atoms with Gasteiger partial charge in [-0.1, -0.05) is 25.2 Å². The fraction of sp³-hybridized carbons (Fsp3) is 0.412. The Morgan fingerprint density at radius 1 is 1.35 bits per heavy atom. The van der Waals surface area contributed by atoms with Gasteiger partial charge in [-0.2, -0.15) is 0 Å². The van der Waals surface area contributed by atoms with E-state index in [1.54, 1.807) is 4.90 Å². The zero-order valence-corrected chi connectivity index (χ0v) is 16.2. The lowest BCUT2D eigenvalue weighted by atomic mass is 10.1. The highest BCUT2D eigenvalue weighted by Crippen LogP contribution is 2.30. The van der Waals surface area contributed by atoms with Crippen LogP contribution in [-0.2, 0) is 27.8 Å². The minimum Gasteiger partial charge on any atom is -0.337 e. The van der Waals surface area contributed by atoms with Gasteiger partial charge >= 0.3 is 0 Å². The number of nitrogens with one attached hydrogen (secondary N) is 1. The lowest BCUT2D eigenvalue weighted by Crippen LogP contribution is -2.36. The number of aromatic nitrogens is 1. The van der Waals surface area contributed by atoms with Crippen molar-refractivity contribution in [1.29, 1.82) is 0 Å². The Bertz CT molecular complexity index is 908. The van der Waals surface area contributed by atoms with Gasteiger partial charge in [0.2, 0.25) is 5.91 Å². The van der Waals surface area contributed by atoms with Gasteiger partial charge in [-0.3, -0.25) is 9.52 Å². The molecule has 0 saturated heterocycles. The van der Waals surface area contributed by atoms with E-state index in [1.165, 1.54) is 23.5 Å². The molecule has 1 aliphatic rings. The molecule has 1 aromatic carbocycles. The SMILES string of the molecule is CC(C)CC(=O)N1CCc2nc(NS(=O)(=O)c3ccc(F)cc3)sc2C1. The van der Waals surface area contributed by atoms with Crippen LogP contribution in [0.25, 0.3) is 0 Å². The average molecular weight is 397 g/mol. The molecule has 0 fully saturated rings. The second-order valence-corrected chi connectivity index (χ2v) is 9.38. The Labute approximate surface area is 156 Å². The molecule has 1 aromatic heterocycles. The second kappa shape index (κ2) is 7.32. The van der Waals surface area contributed by atoms with Gasteiger partial charge < -0.3 is 4.90 Å². The summed E-state index contributed by atoms with van der Waals surface area (Å²) in [6.45, 7) is 5.05. The predicted octanol–water partition coefficient (Wildman–Crippen LogP) is 3.01. The normalized spacial score (nSPS) is 14.4. The summed E-state index contributed by atoms with van der Waals surface area (Å²) in [5.74, 6) is -0.101. The monoisotopic (exact) mass is 397 g/mol. The molecule has 0 atom stereocenters. The van der Waals surface area contributed by atoms with Crippen LogP contribution in [0.5, 0.6) is 0 Å². The summed E-state index contributed by atoms with van der Waals surface area (Å²) >= 11 is 1.23. The van der Waals surface area contributed by atoms with E-state index < -0.39 is 15.8 Å². The summed E-state index contributed by atoms with van der Waals surface area (Å²) in [6, 6.07) is 4.61. The number of anilines is 1. The standard InChI is InChI=1S/C17H20FN3O3S2/c1-11(2)9-16(22)21-8-7-14-15(10-21)25-17(19-14)20-26(23,24)13-5-3-12(18)4-6-13/h3-6,11H,7-10H2,1-2H3,(H,19,20). The number of sulfonamides is 1. The van der Waals surface area contributed by atoms with Crippen molar-refractivity contribution < 1.29 is 17.6 Å². The van der Waals surface area contributed by atoms with Crippen molar-refractivity contribution >= 4 is 32.4 Å². The molecule has 2 aromatic rings. The first-order chi connectivity index (χ1) is 12.2. The zero-order valence-electron chi connectivity index (χ0n) is 14.5. The van der Waals surface area contributed by atoms with Crippen molar-refractivity contribution in [1.82, 2.24) is 9.88 Å². The summed E-state index contributed by atoms with van der Waals surface area (Å²) in [6.07, 6.45) is 1.10. The van der Waals surface area contributed by atoms with E-state index >= 15 is 0 Å². The van der Waals surface area contributed by atoms with Crippen molar-refractivity contribution in [3.63, 3.8) is 0 Å². The predicted molar refractivity (Wildman–Crippen MR) is 97.9 cm³/mol. The van der Waals surface area contributed by atoms with Crippen LogP contribution in [0.3, 0.4) is 0 Å². The third kappa shape index (κ3) is 4.21. The highest BCUT2D eigenvalue weighted by Gasteiger charge is 2.25. The van der Waals surface area contributed by atoms with Crippen LogP contribution >= 0.6 is 11.3 Å². The Morgan fingerprint density at radius 2 is 2.04 bits per heavy atom. The first kappa shape index (κ1) is 18.8. The lowest BCUT2D eigenvalue weighted by molar-refractivity contribution is -0.132. The number of rotatable bonds is 5. The molecule has 0 bridgehead atoms. The molecule has 0 saturated carbocycles. The molecule has 0 spiro atoms. The number of amides is 1. The smallest absolute Gasteiger partial charge is 0.263 e. The van der Waals surface area contributed by atoms with Crippen molar-refractivity contribution in [3.05, 3.63) is 40.7 Å². The molecule has 0 unspecified atom stereocenters. The van der Waals surface area contributed by atoms with Crippen LogP contribution in [0.1, 0.15) is 30.8 Å². The number of halogens is 1. The molecule has 9 heteroatoms. The summed E-state index contributed by atoms with van der Waals surface area (Å²) in [5, 5.41) is 0.262. The molecule has 26 heavy (non-hydrogen) atoms. The van der Waals surface area contributed by atoms with Crippen LogP contribution in [-0.4, -0.2) is 30.8 Å². The van der Waals surface area contributed by atoms with Crippen LogP contribution in [0.2, 0.25) is 0 Å². The zero-order chi connectivity index (χ0) is 18.9.